The van der Waals surface area contributed by atoms with Gasteiger partial charge in [-0.25, -0.2) is 4.68 Å². The van der Waals surface area contributed by atoms with Gasteiger partial charge in [0.2, 0.25) is 0 Å². The summed E-state index contributed by atoms with van der Waals surface area (Å²) in [6.45, 7) is 2.71. The van der Waals surface area contributed by atoms with E-state index in [4.69, 9.17) is 5.73 Å². The summed E-state index contributed by atoms with van der Waals surface area (Å²) >= 11 is 0. The van der Waals surface area contributed by atoms with Crippen molar-refractivity contribution in [3.05, 3.63) is 11.3 Å². The predicted molar refractivity (Wildman–Crippen MR) is 63.5 cm³/mol. The standard InChI is InChI=1S/C12H19N3O/c1-2-15-12(13)10(8-16)11(14-15)9-6-4-3-5-7-9/h8-9H,2-7,13H2,1H3. The largest absolute Gasteiger partial charge is 0.383 e. The maximum absolute atomic E-state index is 11.1. The van der Waals surface area contributed by atoms with Crippen LogP contribution in [0.15, 0.2) is 0 Å². The molecule has 0 atom stereocenters. The van der Waals surface area contributed by atoms with Gasteiger partial charge in [-0.05, 0) is 19.8 Å². The topological polar surface area (TPSA) is 60.9 Å². The van der Waals surface area contributed by atoms with E-state index in [1.54, 1.807) is 4.68 Å². The fourth-order valence-electron chi connectivity index (χ4n) is 2.55. The van der Waals surface area contributed by atoms with Crippen molar-refractivity contribution in [2.24, 2.45) is 0 Å². The Morgan fingerprint density at radius 3 is 2.69 bits per heavy atom. The number of anilines is 1. The molecule has 1 aliphatic carbocycles. The number of hydrogen-bond donors (Lipinski definition) is 1. The Kier molecular flexibility index (Phi) is 3.27. The Balaban J connectivity index is 2.34. The van der Waals surface area contributed by atoms with Gasteiger partial charge in [0.1, 0.15) is 5.82 Å². The highest BCUT2D eigenvalue weighted by molar-refractivity contribution is 5.83. The van der Waals surface area contributed by atoms with Crippen LogP contribution in [0.25, 0.3) is 0 Å². The molecule has 0 aromatic carbocycles. The summed E-state index contributed by atoms with van der Waals surface area (Å²) in [5, 5.41) is 4.48. The third-order valence-corrected chi connectivity index (χ3v) is 3.47. The molecule has 0 radical (unpaired) electrons. The molecule has 1 aromatic heterocycles. The summed E-state index contributed by atoms with van der Waals surface area (Å²) in [5.74, 6) is 0.960. The summed E-state index contributed by atoms with van der Waals surface area (Å²) < 4.78 is 1.73. The van der Waals surface area contributed by atoms with E-state index < -0.39 is 0 Å². The molecule has 0 aliphatic heterocycles. The molecule has 0 bridgehead atoms. The quantitative estimate of drug-likeness (QED) is 0.797. The number of nitrogens with two attached hydrogens (primary N) is 1. The number of aryl methyl sites for hydroxylation is 1. The minimum atomic E-state index is 0.434. The van der Waals surface area contributed by atoms with Crippen LogP contribution in [0.2, 0.25) is 0 Å². The highest BCUT2D eigenvalue weighted by atomic mass is 16.1. The molecule has 0 amide bonds. The second-order valence-corrected chi connectivity index (χ2v) is 4.45. The molecule has 4 heteroatoms. The minimum absolute atomic E-state index is 0.434. The lowest BCUT2D eigenvalue weighted by Gasteiger charge is -2.19. The normalized spacial score (nSPS) is 17.6. The zero-order chi connectivity index (χ0) is 11.5. The number of rotatable bonds is 3. The Morgan fingerprint density at radius 2 is 2.12 bits per heavy atom. The summed E-state index contributed by atoms with van der Waals surface area (Å²) in [6.07, 6.45) is 6.92. The molecular formula is C12H19N3O. The third kappa shape index (κ3) is 1.84. The molecule has 88 valence electrons. The number of aromatic nitrogens is 2. The maximum Gasteiger partial charge on any atom is 0.155 e. The van der Waals surface area contributed by atoms with Gasteiger partial charge in [-0.1, -0.05) is 19.3 Å². The fourth-order valence-corrected chi connectivity index (χ4v) is 2.55. The van der Waals surface area contributed by atoms with Crippen LogP contribution in [0, 0.1) is 0 Å². The summed E-state index contributed by atoms with van der Waals surface area (Å²) in [4.78, 5) is 11.1. The first kappa shape index (κ1) is 11.2. The number of nitrogen functional groups attached to an aromatic ring is 1. The van der Waals surface area contributed by atoms with Gasteiger partial charge in [-0.2, -0.15) is 5.10 Å². The first-order chi connectivity index (χ1) is 7.77. The van der Waals surface area contributed by atoms with Gasteiger partial charge in [0.25, 0.3) is 0 Å². The molecule has 0 spiro atoms. The number of aldehydes is 1. The molecule has 2 rings (SSSR count). The van der Waals surface area contributed by atoms with Crippen LogP contribution in [-0.4, -0.2) is 16.1 Å². The number of carbonyl (C=O) groups excluding carboxylic acids is 1. The van der Waals surface area contributed by atoms with Crippen LogP contribution in [0.1, 0.15) is 61.0 Å². The molecule has 1 heterocycles. The van der Waals surface area contributed by atoms with Gasteiger partial charge in [0.05, 0.1) is 11.3 Å². The molecule has 16 heavy (non-hydrogen) atoms. The van der Waals surface area contributed by atoms with Crippen molar-refractivity contribution in [1.29, 1.82) is 0 Å². The zero-order valence-electron chi connectivity index (χ0n) is 9.78. The average Bonchev–Trinajstić information content (AvgIpc) is 2.66. The van der Waals surface area contributed by atoms with Gasteiger partial charge >= 0.3 is 0 Å². The van der Waals surface area contributed by atoms with Gasteiger partial charge < -0.3 is 5.73 Å². The Hall–Kier alpha value is -1.32. The third-order valence-electron chi connectivity index (χ3n) is 3.47. The number of nitrogens with zero attached hydrogens (tertiary/aromatic N) is 2. The second kappa shape index (κ2) is 4.68. The van der Waals surface area contributed by atoms with Gasteiger partial charge in [0, 0.05) is 12.5 Å². The van der Waals surface area contributed by atoms with Crippen molar-refractivity contribution in [2.45, 2.75) is 51.5 Å². The van der Waals surface area contributed by atoms with E-state index in [0.717, 1.165) is 31.4 Å². The number of hydrogen-bond acceptors (Lipinski definition) is 3. The molecule has 1 aromatic rings. The second-order valence-electron chi connectivity index (χ2n) is 4.45. The highest BCUT2D eigenvalue weighted by Crippen LogP contribution is 2.34. The lowest BCUT2D eigenvalue weighted by molar-refractivity contribution is 0.112. The zero-order valence-corrected chi connectivity index (χ0v) is 9.78. The Labute approximate surface area is 95.8 Å². The van der Waals surface area contributed by atoms with E-state index >= 15 is 0 Å². The van der Waals surface area contributed by atoms with Crippen LogP contribution < -0.4 is 5.73 Å². The smallest absolute Gasteiger partial charge is 0.155 e. The van der Waals surface area contributed by atoms with E-state index in [0.29, 0.717) is 17.3 Å². The van der Waals surface area contributed by atoms with E-state index in [9.17, 15) is 4.79 Å². The van der Waals surface area contributed by atoms with Crippen LogP contribution >= 0.6 is 0 Å². The maximum atomic E-state index is 11.1. The minimum Gasteiger partial charge on any atom is -0.383 e. The van der Waals surface area contributed by atoms with Crippen molar-refractivity contribution in [2.75, 3.05) is 5.73 Å². The molecule has 1 aliphatic rings. The summed E-state index contributed by atoms with van der Waals surface area (Å²) in [7, 11) is 0. The Morgan fingerprint density at radius 1 is 1.44 bits per heavy atom. The lowest BCUT2D eigenvalue weighted by Crippen LogP contribution is -2.07. The molecule has 4 nitrogen and oxygen atoms in total. The molecule has 0 unspecified atom stereocenters. The highest BCUT2D eigenvalue weighted by Gasteiger charge is 2.24. The lowest BCUT2D eigenvalue weighted by atomic mass is 9.85. The molecular weight excluding hydrogens is 202 g/mol. The van der Waals surface area contributed by atoms with Crippen molar-refractivity contribution in [1.82, 2.24) is 9.78 Å². The van der Waals surface area contributed by atoms with Gasteiger partial charge in [0.15, 0.2) is 6.29 Å². The first-order valence-corrected chi connectivity index (χ1v) is 6.09. The molecule has 2 N–H and O–H groups in total. The molecule has 1 saturated carbocycles. The molecule has 1 fully saturated rings. The van der Waals surface area contributed by atoms with Gasteiger partial charge in [-0.3, -0.25) is 4.79 Å². The van der Waals surface area contributed by atoms with Crippen LogP contribution in [0.5, 0.6) is 0 Å². The monoisotopic (exact) mass is 221 g/mol. The fraction of sp³-hybridized carbons (Fsp3) is 0.667. The van der Waals surface area contributed by atoms with Gasteiger partial charge in [-0.15, -0.1) is 0 Å². The van der Waals surface area contributed by atoms with Crippen molar-refractivity contribution in [3.8, 4) is 0 Å². The van der Waals surface area contributed by atoms with E-state index in [2.05, 4.69) is 5.10 Å². The van der Waals surface area contributed by atoms with Crippen LogP contribution in [0.3, 0.4) is 0 Å². The SMILES string of the molecule is CCn1nc(C2CCCCC2)c(C=O)c1N. The molecule has 0 saturated heterocycles. The van der Waals surface area contributed by atoms with E-state index in [1.165, 1.54) is 19.3 Å². The van der Waals surface area contributed by atoms with E-state index in [-0.39, 0.29) is 0 Å². The first-order valence-electron chi connectivity index (χ1n) is 6.09. The summed E-state index contributed by atoms with van der Waals surface area (Å²) in [5.41, 5.74) is 7.45. The summed E-state index contributed by atoms with van der Waals surface area (Å²) in [6, 6.07) is 0. The van der Waals surface area contributed by atoms with E-state index in [1.807, 2.05) is 6.92 Å². The van der Waals surface area contributed by atoms with Crippen LogP contribution in [-0.2, 0) is 6.54 Å². The van der Waals surface area contributed by atoms with Crippen LogP contribution in [0.4, 0.5) is 5.82 Å². The van der Waals surface area contributed by atoms with Crippen molar-refractivity contribution in [3.63, 3.8) is 0 Å². The Bertz CT molecular complexity index is 378. The van der Waals surface area contributed by atoms with Crippen molar-refractivity contribution < 1.29 is 4.79 Å². The van der Waals surface area contributed by atoms with Crippen molar-refractivity contribution >= 4 is 12.1 Å². The number of carbonyl (C=O) groups is 1. The average molecular weight is 221 g/mol. The predicted octanol–water partition coefficient (Wildman–Crippen LogP) is 2.35.